The van der Waals surface area contributed by atoms with Crippen LogP contribution in [0.4, 0.5) is 28.9 Å². The van der Waals surface area contributed by atoms with Crippen LogP contribution in [0.1, 0.15) is 52.0 Å². The number of nitrogens with one attached hydrogen (secondary N) is 2. The monoisotopic (exact) mass is 467 g/mol. The van der Waals surface area contributed by atoms with Gasteiger partial charge in [0.15, 0.2) is 0 Å². The normalized spacial score (nSPS) is 16.4. The van der Waals surface area contributed by atoms with E-state index in [1.165, 1.54) is 13.1 Å². The molecule has 1 aliphatic rings. The molecule has 1 fully saturated rings. The molecule has 0 spiro atoms. The molecule has 3 N–H and O–H groups in total. The van der Waals surface area contributed by atoms with Crippen molar-refractivity contribution >= 4 is 23.2 Å². The molecule has 0 aliphatic carbocycles. The average Bonchev–Trinajstić information content (AvgIpc) is 2.78. The van der Waals surface area contributed by atoms with Gasteiger partial charge in [0.25, 0.3) is 11.8 Å². The number of rotatable bonds is 6. The molecular weight excluding hydrogens is 442 g/mol. The fraction of sp³-hybridized carbons (Fsp3) is 0.391. The Morgan fingerprint density at radius 3 is 2.52 bits per heavy atom. The van der Waals surface area contributed by atoms with E-state index in [4.69, 9.17) is 0 Å². The number of nitrogens with zero attached hydrogens (tertiary/aromatic N) is 1. The van der Waals surface area contributed by atoms with E-state index in [-0.39, 0.29) is 23.9 Å². The fourth-order valence-electron chi connectivity index (χ4n) is 4.02. The first-order valence-electron chi connectivity index (χ1n) is 10.6. The minimum atomic E-state index is -4.81. The zero-order valence-electron chi connectivity index (χ0n) is 18.0. The molecule has 10 heteroatoms. The minimum absolute atomic E-state index is 0.00347. The number of hydrogen-bond acceptors (Lipinski definition) is 4. The van der Waals surface area contributed by atoms with Gasteiger partial charge in [-0.3, -0.25) is 9.59 Å². The Morgan fingerprint density at radius 1 is 1.09 bits per heavy atom. The Balaban J connectivity index is 2.00. The summed E-state index contributed by atoms with van der Waals surface area (Å²) in [6.45, 7) is 0.619. The van der Waals surface area contributed by atoms with Crippen molar-refractivity contribution in [2.75, 3.05) is 30.4 Å². The zero-order chi connectivity index (χ0) is 24.2. The molecule has 6 nitrogen and oxygen atoms in total. The molecule has 1 aliphatic heterocycles. The van der Waals surface area contributed by atoms with E-state index in [0.29, 0.717) is 30.8 Å². The summed E-state index contributed by atoms with van der Waals surface area (Å²) in [5.74, 6) is -2.54. The van der Waals surface area contributed by atoms with Gasteiger partial charge in [0.05, 0.1) is 16.9 Å². The van der Waals surface area contributed by atoms with Crippen molar-refractivity contribution in [1.82, 2.24) is 5.32 Å². The van der Waals surface area contributed by atoms with E-state index in [1.807, 2.05) is 4.90 Å². The van der Waals surface area contributed by atoms with Crippen LogP contribution in [0.3, 0.4) is 0 Å². The number of benzene rings is 2. The number of amides is 2. The van der Waals surface area contributed by atoms with Crippen LogP contribution in [0.5, 0.6) is 0 Å². The zero-order valence-corrected chi connectivity index (χ0v) is 18.0. The number of carbonyl (C=O) groups is 2. The number of carbonyl (C=O) groups excluding carboxylic acids is 2. The molecule has 178 valence electrons. The summed E-state index contributed by atoms with van der Waals surface area (Å²) in [6.07, 6.45) is -1.63. The Hall–Kier alpha value is -3.14. The molecule has 0 saturated carbocycles. The minimum Gasteiger partial charge on any atom is -0.396 e. The van der Waals surface area contributed by atoms with E-state index in [9.17, 15) is 32.3 Å². The first kappa shape index (κ1) is 24.5. The SMILES string of the molecule is CNC(=O)c1ccc(N2CCCCC2CCO)c(NC(=O)c2cc(F)cc(C(F)(F)F)c2)c1. The third-order valence-corrected chi connectivity index (χ3v) is 5.62. The van der Waals surface area contributed by atoms with Crippen LogP contribution in [-0.2, 0) is 6.18 Å². The summed E-state index contributed by atoms with van der Waals surface area (Å²) in [6, 6.07) is 6.29. The van der Waals surface area contributed by atoms with Crippen molar-refractivity contribution < 1.29 is 32.3 Å². The molecule has 33 heavy (non-hydrogen) atoms. The van der Waals surface area contributed by atoms with E-state index >= 15 is 0 Å². The number of aliphatic hydroxyl groups excluding tert-OH is 1. The van der Waals surface area contributed by atoms with Gasteiger partial charge in [-0.1, -0.05) is 0 Å². The number of piperidine rings is 1. The van der Waals surface area contributed by atoms with Crippen LogP contribution >= 0.6 is 0 Å². The maximum Gasteiger partial charge on any atom is 0.416 e. The van der Waals surface area contributed by atoms with E-state index < -0.39 is 34.9 Å². The second-order valence-corrected chi connectivity index (χ2v) is 7.85. The quantitative estimate of drug-likeness (QED) is 0.557. The van der Waals surface area contributed by atoms with Crippen molar-refractivity contribution in [2.45, 2.75) is 37.9 Å². The Morgan fingerprint density at radius 2 is 1.85 bits per heavy atom. The predicted molar refractivity (Wildman–Crippen MR) is 116 cm³/mol. The van der Waals surface area contributed by atoms with Crippen LogP contribution in [-0.4, -0.2) is 43.2 Å². The number of anilines is 2. The summed E-state index contributed by atoms with van der Waals surface area (Å²) in [5, 5.41) is 14.5. The van der Waals surface area contributed by atoms with Gasteiger partial charge < -0.3 is 20.6 Å². The molecular formula is C23H25F4N3O3. The van der Waals surface area contributed by atoms with Gasteiger partial charge in [-0.2, -0.15) is 13.2 Å². The molecule has 2 aromatic rings. The van der Waals surface area contributed by atoms with Crippen LogP contribution in [0.2, 0.25) is 0 Å². The van der Waals surface area contributed by atoms with Gasteiger partial charge in [-0.05, 0) is 62.1 Å². The Kier molecular flexibility index (Phi) is 7.57. The molecule has 1 atom stereocenters. The molecule has 0 bridgehead atoms. The molecule has 1 saturated heterocycles. The Labute approximate surface area is 188 Å². The van der Waals surface area contributed by atoms with E-state index in [0.717, 1.165) is 25.3 Å². The maximum absolute atomic E-state index is 13.8. The van der Waals surface area contributed by atoms with Gasteiger partial charge in [0.2, 0.25) is 0 Å². The highest BCUT2D eigenvalue weighted by Crippen LogP contribution is 2.35. The highest BCUT2D eigenvalue weighted by Gasteiger charge is 2.32. The molecule has 1 unspecified atom stereocenters. The second-order valence-electron chi connectivity index (χ2n) is 7.85. The first-order chi connectivity index (χ1) is 15.6. The van der Waals surface area contributed by atoms with Crippen molar-refractivity contribution in [3.63, 3.8) is 0 Å². The third-order valence-electron chi connectivity index (χ3n) is 5.62. The van der Waals surface area contributed by atoms with Crippen LogP contribution in [0.25, 0.3) is 0 Å². The summed E-state index contributed by atoms with van der Waals surface area (Å²) in [4.78, 5) is 27.0. The topological polar surface area (TPSA) is 81.7 Å². The highest BCUT2D eigenvalue weighted by atomic mass is 19.4. The molecule has 0 aromatic heterocycles. The fourth-order valence-corrected chi connectivity index (χ4v) is 4.02. The average molecular weight is 467 g/mol. The van der Waals surface area contributed by atoms with E-state index in [1.54, 1.807) is 12.1 Å². The van der Waals surface area contributed by atoms with Crippen molar-refractivity contribution in [3.8, 4) is 0 Å². The standard InChI is InChI=1S/C23H25F4N3O3/c1-28-21(32)14-5-6-20(30-8-3-2-4-18(30)7-9-31)19(12-14)29-22(33)15-10-16(23(25,26)27)13-17(24)11-15/h5-6,10-13,18,31H,2-4,7-9H2,1H3,(H,28,32)(H,29,33). The maximum atomic E-state index is 13.8. The number of aliphatic hydroxyl groups is 1. The van der Waals surface area contributed by atoms with Gasteiger partial charge in [-0.15, -0.1) is 0 Å². The summed E-state index contributed by atoms with van der Waals surface area (Å²) in [7, 11) is 1.45. The van der Waals surface area contributed by atoms with Crippen LogP contribution in [0.15, 0.2) is 36.4 Å². The van der Waals surface area contributed by atoms with Crippen LogP contribution < -0.4 is 15.5 Å². The summed E-state index contributed by atoms with van der Waals surface area (Å²) < 4.78 is 53.0. The lowest BCUT2D eigenvalue weighted by atomic mass is 9.98. The molecule has 0 radical (unpaired) electrons. The predicted octanol–water partition coefficient (Wildman–Crippen LogP) is 4.20. The van der Waals surface area contributed by atoms with E-state index in [2.05, 4.69) is 10.6 Å². The third kappa shape index (κ3) is 5.81. The number of alkyl halides is 3. The van der Waals surface area contributed by atoms with Gasteiger partial charge in [-0.25, -0.2) is 4.39 Å². The van der Waals surface area contributed by atoms with Gasteiger partial charge >= 0.3 is 6.18 Å². The number of halogens is 4. The summed E-state index contributed by atoms with van der Waals surface area (Å²) >= 11 is 0. The highest BCUT2D eigenvalue weighted by molar-refractivity contribution is 6.07. The first-order valence-corrected chi connectivity index (χ1v) is 10.6. The van der Waals surface area contributed by atoms with Crippen LogP contribution in [0, 0.1) is 5.82 Å². The second kappa shape index (κ2) is 10.2. The number of hydrogen-bond donors (Lipinski definition) is 3. The largest absolute Gasteiger partial charge is 0.416 e. The lowest BCUT2D eigenvalue weighted by Gasteiger charge is -2.38. The van der Waals surface area contributed by atoms with Gasteiger partial charge in [0, 0.05) is 37.4 Å². The lowest BCUT2D eigenvalue weighted by molar-refractivity contribution is -0.137. The molecule has 3 rings (SSSR count). The smallest absolute Gasteiger partial charge is 0.396 e. The summed E-state index contributed by atoms with van der Waals surface area (Å²) in [5.41, 5.74) is -0.747. The van der Waals surface area contributed by atoms with Crippen molar-refractivity contribution in [2.24, 2.45) is 0 Å². The molecule has 1 heterocycles. The molecule has 2 aromatic carbocycles. The Bertz CT molecular complexity index is 1020. The van der Waals surface area contributed by atoms with Crippen molar-refractivity contribution in [1.29, 1.82) is 0 Å². The lowest BCUT2D eigenvalue weighted by Crippen LogP contribution is -2.40. The van der Waals surface area contributed by atoms with Crippen molar-refractivity contribution in [3.05, 3.63) is 58.9 Å². The molecule has 2 amide bonds. The van der Waals surface area contributed by atoms with Gasteiger partial charge in [0.1, 0.15) is 5.82 Å².